The molecule has 1 aromatic rings. The summed E-state index contributed by atoms with van der Waals surface area (Å²) in [7, 11) is 0. The summed E-state index contributed by atoms with van der Waals surface area (Å²) >= 11 is 0. The van der Waals surface area contributed by atoms with Crippen LogP contribution in [0, 0.1) is 11.7 Å². The molecule has 0 aromatic heterocycles. The van der Waals surface area contributed by atoms with Crippen molar-refractivity contribution in [2.45, 2.75) is 19.3 Å². The molecule has 20 heavy (non-hydrogen) atoms. The Morgan fingerprint density at radius 2 is 2.15 bits per heavy atom. The van der Waals surface area contributed by atoms with E-state index in [4.69, 9.17) is 4.74 Å². The van der Waals surface area contributed by atoms with Crippen LogP contribution in [0.5, 0.6) is 5.75 Å². The number of rotatable bonds is 4. The quantitative estimate of drug-likeness (QED) is 0.848. The molecule has 2 rings (SSSR count). The largest absolute Gasteiger partial charge is 0.412 e. The third-order valence-electron chi connectivity index (χ3n) is 3.11. The molecule has 1 atom stereocenters. The first-order valence-electron chi connectivity index (χ1n) is 6.77. The summed E-state index contributed by atoms with van der Waals surface area (Å²) in [6.45, 7) is 0.431. The molecule has 1 aliphatic rings. The fraction of sp³-hybridized carbons (Fsp3) is 0.312. The number of benzene rings is 1. The second-order valence-electron chi connectivity index (χ2n) is 4.70. The molecule has 4 heteroatoms. The Labute approximate surface area is 118 Å². The minimum Gasteiger partial charge on any atom is -0.410 e. The van der Waals surface area contributed by atoms with Gasteiger partial charge in [-0.1, -0.05) is 24.3 Å². The second kappa shape index (κ2) is 7.48. The van der Waals surface area contributed by atoms with E-state index >= 15 is 0 Å². The van der Waals surface area contributed by atoms with E-state index in [1.165, 1.54) is 24.3 Å². The zero-order valence-electron chi connectivity index (χ0n) is 11.2. The van der Waals surface area contributed by atoms with Gasteiger partial charge in [0.1, 0.15) is 11.6 Å². The first-order chi connectivity index (χ1) is 9.74. The minimum absolute atomic E-state index is 0.324. The molecule has 1 unspecified atom stereocenters. The topological polar surface area (TPSA) is 38.3 Å². The molecule has 0 bridgehead atoms. The van der Waals surface area contributed by atoms with Gasteiger partial charge < -0.3 is 10.1 Å². The van der Waals surface area contributed by atoms with Gasteiger partial charge in [0.2, 0.25) is 0 Å². The van der Waals surface area contributed by atoms with Crippen molar-refractivity contribution in [1.29, 1.82) is 0 Å². The highest BCUT2D eigenvalue weighted by Crippen LogP contribution is 2.18. The Morgan fingerprint density at radius 1 is 1.35 bits per heavy atom. The molecular formula is C16H18FNO2. The van der Waals surface area contributed by atoms with Crippen molar-refractivity contribution >= 4 is 6.09 Å². The van der Waals surface area contributed by atoms with E-state index in [1.54, 1.807) is 0 Å². The van der Waals surface area contributed by atoms with Gasteiger partial charge in [-0.2, -0.15) is 0 Å². The molecule has 0 saturated heterocycles. The van der Waals surface area contributed by atoms with E-state index in [1.807, 2.05) is 6.08 Å². The van der Waals surface area contributed by atoms with E-state index in [9.17, 15) is 9.18 Å². The van der Waals surface area contributed by atoms with Crippen molar-refractivity contribution < 1.29 is 13.9 Å². The Balaban J connectivity index is 1.68. The lowest BCUT2D eigenvalue weighted by atomic mass is 9.94. The summed E-state index contributed by atoms with van der Waals surface area (Å²) in [5.41, 5.74) is 0. The van der Waals surface area contributed by atoms with Crippen molar-refractivity contribution in [3.05, 3.63) is 54.4 Å². The Morgan fingerprint density at radius 3 is 2.85 bits per heavy atom. The van der Waals surface area contributed by atoms with Crippen LogP contribution < -0.4 is 10.1 Å². The van der Waals surface area contributed by atoms with E-state index in [0.717, 1.165) is 19.3 Å². The highest BCUT2D eigenvalue weighted by atomic mass is 19.1. The zero-order chi connectivity index (χ0) is 14.2. The van der Waals surface area contributed by atoms with E-state index in [0.29, 0.717) is 18.2 Å². The number of carbonyl (C=O) groups is 1. The molecule has 1 amide bonds. The number of carbonyl (C=O) groups excluding carboxylic acids is 1. The maximum absolute atomic E-state index is 12.7. The van der Waals surface area contributed by atoms with Crippen LogP contribution in [-0.4, -0.2) is 12.6 Å². The van der Waals surface area contributed by atoms with Crippen LogP contribution >= 0.6 is 0 Å². The standard InChI is InChI=1S/C16H18FNO2/c17-14-8-10-15(11-9-14)20-16(19)18-12-4-7-13-5-2-1-3-6-13/h1-2,4,7-11,13H,3,5-6,12H2,(H,18,19)/b7-4+. The van der Waals surface area contributed by atoms with Gasteiger partial charge in [0, 0.05) is 6.54 Å². The van der Waals surface area contributed by atoms with Gasteiger partial charge in [0.15, 0.2) is 0 Å². The van der Waals surface area contributed by atoms with Gasteiger partial charge in [-0.25, -0.2) is 9.18 Å². The van der Waals surface area contributed by atoms with Crippen molar-refractivity contribution in [3.8, 4) is 5.75 Å². The summed E-state index contributed by atoms with van der Waals surface area (Å²) in [6.07, 6.45) is 11.3. The number of hydrogen-bond acceptors (Lipinski definition) is 2. The summed E-state index contributed by atoms with van der Waals surface area (Å²) in [6, 6.07) is 5.33. The van der Waals surface area contributed by atoms with Gasteiger partial charge in [-0.15, -0.1) is 0 Å². The van der Waals surface area contributed by atoms with E-state index in [-0.39, 0.29) is 5.82 Å². The predicted octanol–water partition coefficient (Wildman–Crippen LogP) is 3.83. The number of nitrogens with one attached hydrogen (secondary N) is 1. The van der Waals surface area contributed by atoms with E-state index < -0.39 is 6.09 Å². The molecule has 0 spiro atoms. The summed E-state index contributed by atoms with van der Waals surface area (Å²) in [5.74, 6) is 0.530. The molecule has 0 aliphatic heterocycles. The number of hydrogen-bond donors (Lipinski definition) is 1. The summed E-state index contributed by atoms with van der Waals surface area (Å²) in [5, 5.41) is 2.63. The molecule has 0 radical (unpaired) electrons. The first kappa shape index (κ1) is 14.3. The molecule has 0 saturated carbocycles. The fourth-order valence-corrected chi connectivity index (χ4v) is 2.04. The molecular weight excluding hydrogens is 257 g/mol. The Bertz CT molecular complexity index is 494. The van der Waals surface area contributed by atoms with Crippen LogP contribution in [0.3, 0.4) is 0 Å². The second-order valence-corrected chi connectivity index (χ2v) is 4.70. The maximum Gasteiger partial charge on any atom is 0.412 e. The molecule has 3 nitrogen and oxygen atoms in total. The number of amides is 1. The van der Waals surface area contributed by atoms with Gasteiger partial charge in [-0.3, -0.25) is 0 Å². The number of halogens is 1. The minimum atomic E-state index is -0.537. The lowest BCUT2D eigenvalue weighted by Crippen LogP contribution is -2.26. The monoisotopic (exact) mass is 275 g/mol. The molecule has 1 aliphatic carbocycles. The third kappa shape index (κ3) is 4.88. The van der Waals surface area contributed by atoms with Crippen LogP contribution in [-0.2, 0) is 0 Å². The summed E-state index contributed by atoms with van der Waals surface area (Å²) < 4.78 is 17.7. The van der Waals surface area contributed by atoms with Gasteiger partial charge in [0.05, 0.1) is 0 Å². The highest BCUT2D eigenvalue weighted by Gasteiger charge is 2.05. The fourth-order valence-electron chi connectivity index (χ4n) is 2.04. The van der Waals surface area contributed by atoms with Crippen LogP contribution in [0.4, 0.5) is 9.18 Å². The molecule has 0 fully saturated rings. The smallest absolute Gasteiger partial charge is 0.410 e. The van der Waals surface area contributed by atoms with Crippen molar-refractivity contribution in [3.63, 3.8) is 0 Å². The SMILES string of the molecule is O=C(NC/C=C/C1CC=CCC1)Oc1ccc(F)cc1. The third-order valence-corrected chi connectivity index (χ3v) is 3.11. The van der Waals surface area contributed by atoms with E-state index in [2.05, 4.69) is 23.5 Å². The molecule has 1 aromatic carbocycles. The van der Waals surface area contributed by atoms with Crippen LogP contribution in [0.2, 0.25) is 0 Å². The average Bonchev–Trinajstić information content (AvgIpc) is 2.47. The van der Waals surface area contributed by atoms with Crippen LogP contribution in [0.25, 0.3) is 0 Å². The van der Waals surface area contributed by atoms with Crippen LogP contribution in [0.1, 0.15) is 19.3 Å². The predicted molar refractivity (Wildman–Crippen MR) is 76.0 cm³/mol. The zero-order valence-corrected chi connectivity index (χ0v) is 11.2. The van der Waals surface area contributed by atoms with Crippen molar-refractivity contribution in [2.24, 2.45) is 5.92 Å². The highest BCUT2D eigenvalue weighted by molar-refractivity contribution is 5.70. The van der Waals surface area contributed by atoms with Gasteiger partial charge in [-0.05, 0) is 49.4 Å². The first-order valence-corrected chi connectivity index (χ1v) is 6.77. The molecule has 1 N–H and O–H groups in total. The number of ether oxygens (including phenoxy) is 1. The molecule has 0 heterocycles. The average molecular weight is 275 g/mol. The Hall–Kier alpha value is -2.10. The van der Waals surface area contributed by atoms with Gasteiger partial charge >= 0.3 is 6.09 Å². The van der Waals surface area contributed by atoms with Crippen molar-refractivity contribution in [2.75, 3.05) is 6.54 Å². The van der Waals surface area contributed by atoms with Crippen molar-refractivity contribution in [1.82, 2.24) is 5.32 Å². The maximum atomic E-state index is 12.7. The summed E-state index contributed by atoms with van der Waals surface area (Å²) in [4.78, 5) is 11.5. The number of allylic oxidation sites excluding steroid dienone is 3. The molecule has 106 valence electrons. The Kier molecular flexibility index (Phi) is 5.35. The lowest BCUT2D eigenvalue weighted by Gasteiger charge is -2.12. The van der Waals surface area contributed by atoms with Crippen LogP contribution in [0.15, 0.2) is 48.6 Å². The normalized spacial score (nSPS) is 18.1. The lowest BCUT2D eigenvalue weighted by molar-refractivity contribution is 0.201. The van der Waals surface area contributed by atoms with Gasteiger partial charge in [0.25, 0.3) is 0 Å².